The predicted octanol–water partition coefficient (Wildman–Crippen LogP) is 1.23. The number of nitrogens with zero attached hydrogens (tertiary/aromatic N) is 3. The van der Waals surface area contributed by atoms with Crippen LogP contribution in [0.2, 0.25) is 0 Å². The Morgan fingerprint density at radius 3 is 2.88 bits per heavy atom. The topological polar surface area (TPSA) is 93.6 Å². The molecule has 0 aromatic carbocycles. The van der Waals surface area contributed by atoms with Crippen molar-refractivity contribution < 1.29 is 4.52 Å². The van der Waals surface area contributed by atoms with Crippen molar-refractivity contribution in [2.45, 2.75) is 32.7 Å². The van der Waals surface area contributed by atoms with Gasteiger partial charge in [-0.1, -0.05) is 19.0 Å². The van der Waals surface area contributed by atoms with Crippen molar-refractivity contribution in [3.05, 3.63) is 29.9 Å². The highest BCUT2D eigenvalue weighted by Crippen LogP contribution is 2.13. The monoisotopic (exact) mass is 235 g/mol. The summed E-state index contributed by atoms with van der Waals surface area (Å²) in [5.74, 6) is 1.70. The maximum absolute atomic E-state index is 5.99. The molecule has 0 spiro atoms. The quantitative estimate of drug-likeness (QED) is 0.813. The van der Waals surface area contributed by atoms with Crippen LogP contribution in [0.5, 0.6) is 0 Å². The van der Waals surface area contributed by atoms with E-state index in [1.165, 1.54) is 0 Å². The number of nitrogens with one attached hydrogen (secondary N) is 1. The molecule has 0 unspecified atom stereocenters. The van der Waals surface area contributed by atoms with Gasteiger partial charge in [-0.15, -0.1) is 0 Å². The maximum atomic E-state index is 5.99. The van der Waals surface area contributed by atoms with Crippen molar-refractivity contribution in [2.24, 2.45) is 11.7 Å². The molecule has 6 nitrogen and oxygen atoms in total. The molecule has 0 fully saturated rings. The molecule has 0 aliphatic carbocycles. The van der Waals surface area contributed by atoms with Gasteiger partial charge in [-0.2, -0.15) is 4.98 Å². The molecule has 0 saturated carbocycles. The van der Waals surface area contributed by atoms with Crippen LogP contribution in [0.25, 0.3) is 0 Å². The van der Waals surface area contributed by atoms with E-state index < -0.39 is 0 Å². The fourth-order valence-electron chi connectivity index (χ4n) is 1.59. The molecule has 92 valence electrons. The second-order valence-electron chi connectivity index (χ2n) is 4.53. The Balaban J connectivity index is 1.99. The van der Waals surface area contributed by atoms with Gasteiger partial charge in [0.25, 0.3) is 0 Å². The van der Waals surface area contributed by atoms with Crippen molar-refractivity contribution in [3.63, 3.8) is 0 Å². The normalized spacial score (nSPS) is 13.2. The summed E-state index contributed by atoms with van der Waals surface area (Å²) >= 11 is 0. The minimum absolute atomic E-state index is 0.288. The van der Waals surface area contributed by atoms with E-state index in [-0.39, 0.29) is 6.04 Å². The van der Waals surface area contributed by atoms with Crippen LogP contribution in [0.1, 0.15) is 37.3 Å². The van der Waals surface area contributed by atoms with Gasteiger partial charge in [-0.05, 0) is 5.92 Å². The van der Waals surface area contributed by atoms with E-state index in [2.05, 4.69) is 34.0 Å². The van der Waals surface area contributed by atoms with Crippen LogP contribution in [-0.4, -0.2) is 20.1 Å². The zero-order chi connectivity index (χ0) is 12.3. The third-order valence-electron chi connectivity index (χ3n) is 2.39. The molecule has 0 aliphatic rings. The second kappa shape index (κ2) is 5.09. The molecule has 0 radical (unpaired) electrons. The number of nitrogens with two attached hydrogens (primary N) is 1. The highest BCUT2D eigenvalue weighted by molar-refractivity contribution is 5.02. The molecule has 2 aromatic rings. The first-order valence-electron chi connectivity index (χ1n) is 5.70. The lowest BCUT2D eigenvalue weighted by molar-refractivity contribution is 0.348. The summed E-state index contributed by atoms with van der Waals surface area (Å²) in [7, 11) is 0. The van der Waals surface area contributed by atoms with E-state index in [4.69, 9.17) is 10.3 Å². The maximum Gasteiger partial charge on any atom is 0.243 e. The van der Waals surface area contributed by atoms with Crippen molar-refractivity contribution in [1.29, 1.82) is 0 Å². The number of aromatic amines is 1. The lowest BCUT2D eigenvalue weighted by Crippen LogP contribution is -2.14. The summed E-state index contributed by atoms with van der Waals surface area (Å²) in [4.78, 5) is 11.2. The highest BCUT2D eigenvalue weighted by Gasteiger charge is 2.16. The molecular formula is C11H17N5O. The highest BCUT2D eigenvalue weighted by atomic mass is 16.5. The molecular weight excluding hydrogens is 218 g/mol. The number of hydrogen-bond acceptors (Lipinski definition) is 5. The molecule has 0 bridgehead atoms. The molecule has 2 heterocycles. The summed E-state index contributed by atoms with van der Waals surface area (Å²) in [6.07, 6.45) is 4.79. The van der Waals surface area contributed by atoms with Crippen LogP contribution in [-0.2, 0) is 12.8 Å². The van der Waals surface area contributed by atoms with Crippen LogP contribution < -0.4 is 5.73 Å². The van der Waals surface area contributed by atoms with Gasteiger partial charge >= 0.3 is 0 Å². The third-order valence-corrected chi connectivity index (χ3v) is 2.39. The van der Waals surface area contributed by atoms with E-state index in [0.29, 0.717) is 18.2 Å². The predicted molar refractivity (Wildman–Crippen MR) is 62.1 cm³/mol. The second-order valence-corrected chi connectivity index (χ2v) is 4.53. The number of aromatic nitrogens is 4. The molecule has 6 heteroatoms. The minimum Gasteiger partial charge on any atom is -0.348 e. The van der Waals surface area contributed by atoms with Gasteiger partial charge in [0.15, 0.2) is 5.82 Å². The first-order valence-corrected chi connectivity index (χ1v) is 5.70. The fraction of sp³-hybridized carbons (Fsp3) is 0.545. The van der Waals surface area contributed by atoms with Gasteiger partial charge in [0.2, 0.25) is 5.89 Å². The van der Waals surface area contributed by atoms with Crippen LogP contribution in [0, 0.1) is 5.92 Å². The smallest absolute Gasteiger partial charge is 0.243 e. The summed E-state index contributed by atoms with van der Waals surface area (Å²) in [6, 6.07) is -0.288. The molecule has 1 atom stereocenters. The van der Waals surface area contributed by atoms with E-state index in [9.17, 15) is 0 Å². The van der Waals surface area contributed by atoms with E-state index in [1.54, 1.807) is 12.5 Å². The molecule has 0 amide bonds. The first kappa shape index (κ1) is 11.8. The fourth-order valence-corrected chi connectivity index (χ4v) is 1.59. The van der Waals surface area contributed by atoms with Gasteiger partial charge in [0.1, 0.15) is 0 Å². The van der Waals surface area contributed by atoms with Crippen molar-refractivity contribution in [3.8, 4) is 0 Å². The Morgan fingerprint density at radius 2 is 2.24 bits per heavy atom. The van der Waals surface area contributed by atoms with E-state index in [0.717, 1.165) is 17.9 Å². The van der Waals surface area contributed by atoms with Crippen LogP contribution in [0.4, 0.5) is 0 Å². The first-order chi connectivity index (χ1) is 8.15. The van der Waals surface area contributed by atoms with Gasteiger partial charge in [0, 0.05) is 24.7 Å². The van der Waals surface area contributed by atoms with Crippen molar-refractivity contribution in [2.75, 3.05) is 0 Å². The summed E-state index contributed by atoms with van der Waals surface area (Å²) < 4.78 is 5.16. The van der Waals surface area contributed by atoms with Crippen molar-refractivity contribution >= 4 is 0 Å². The number of hydrogen-bond donors (Lipinski definition) is 2. The Kier molecular flexibility index (Phi) is 3.53. The Morgan fingerprint density at radius 1 is 1.41 bits per heavy atom. The largest absolute Gasteiger partial charge is 0.348 e. The Labute approximate surface area is 99.6 Å². The van der Waals surface area contributed by atoms with Crippen molar-refractivity contribution in [1.82, 2.24) is 20.1 Å². The van der Waals surface area contributed by atoms with Gasteiger partial charge in [-0.3, -0.25) is 0 Å². The van der Waals surface area contributed by atoms with Gasteiger partial charge < -0.3 is 15.2 Å². The Hall–Kier alpha value is -1.69. The summed E-state index contributed by atoms with van der Waals surface area (Å²) in [5, 5.41) is 3.91. The summed E-state index contributed by atoms with van der Waals surface area (Å²) in [5.41, 5.74) is 6.95. The Bertz CT molecular complexity index is 448. The minimum atomic E-state index is -0.288. The average molecular weight is 235 g/mol. The standard InChI is InChI=1S/C11H17N5O/c1-7(2)3-10-15-11(17-16-10)9(12)4-8-5-13-6-14-8/h5-7,9H,3-4,12H2,1-2H3,(H,13,14)/t9-/m1/s1. The van der Waals surface area contributed by atoms with Crippen LogP contribution in [0.3, 0.4) is 0 Å². The van der Waals surface area contributed by atoms with Crippen LogP contribution in [0.15, 0.2) is 17.0 Å². The molecule has 3 N–H and O–H groups in total. The van der Waals surface area contributed by atoms with Crippen LogP contribution >= 0.6 is 0 Å². The van der Waals surface area contributed by atoms with Gasteiger partial charge in [0.05, 0.1) is 12.4 Å². The number of imidazole rings is 1. The number of H-pyrrole nitrogens is 1. The molecule has 0 saturated heterocycles. The van der Waals surface area contributed by atoms with Gasteiger partial charge in [-0.25, -0.2) is 4.98 Å². The molecule has 17 heavy (non-hydrogen) atoms. The van der Waals surface area contributed by atoms with E-state index >= 15 is 0 Å². The molecule has 2 aromatic heterocycles. The average Bonchev–Trinajstić information content (AvgIpc) is 2.87. The zero-order valence-electron chi connectivity index (χ0n) is 10.1. The zero-order valence-corrected chi connectivity index (χ0v) is 10.1. The molecule has 2 rings (SSSR count). The third kappa shape index (κ3) is 3.13. The van der Waals surface area contributed by atoms with E-state index in [1.807, 2.05) is 0 Å². The molecule has 0 aliphatic heterocycles. The SMILES string of the molecule is CC(C)Cc1noc([C@H](N)Cc2cnc[nH]2)n1. The summed E-state index contributed by atoms with van der Waals surface area (Å²) in [6.45, 7) is 4.22. The lowest BCUT2D eigenvalue weighted by Gasteiger charge is -2.03. The number of rotatable bonds is 5. The lowest BCUT2D eigenvalue weighted by atomic mass is 10.1.